The average molecular weight is 297 g/mol. The van der Waals surface area contributed by atoms with Crippen LogP contribution in [0.1, 0.15) is 21.6 Å². The Morgan fingerprint density at radius 2 is 2.18 bits per heavy atom. The Kier molecular flexibility index (Phi) is 4.18. The number of nitrogen functional groups attached to an aromatic ring is 1. The van der Waals surface area contributed by atoms with Crippen LogP contribution in [0.5, 0.6) is 5.75 Å². The van der Waals surface area contributed by atoms with E-state index in [1.54, 1.807) is 31.4 Å². The number of hydrogen-bond donors (Lipinski definition) is 1. The fraction of sp³-hybridized carbons (Fsp3) is 0.125. The fourth-order valence-corrected chi connectivity index (χ4v) is 2.15. The predicted octanol–water partition coefficient (Wildman–Crippen LogP) is 2.37. The molecule has 0 saturated carbocycles. The number of hydrogen-bond acceptors (Lipinski definition) is 5. The summed E-state index contributed by atoms with van der Waals surface area (Å²) in [7, 11) is 2.82. The second-order valence-electron chi connectivity index (χ2n) is 4.41. The van der Waals surface area contributed by atoms with Crippen molar-refractivity contribution in [1.82, 2.24) is 4.57 Å². The molecule has 2 rings (SSSR count). The van der Waals surface area contributed by atoms with Gasteiger partial charge in [-0.25, -0.2) is 4.79 Å². The second-order valence-corrected chi connectivity index (χ2v) is 4.41. The Hall–Kier alpha value is -3.20. The number of benzene rings is 1. The first-order chi connectivity index (χ1) is 10.6. The SMILES string of the molecule is C=Cc1cc(OC)ccc1-n1cc(C#N)c(N)c1C(=O)OC. The van der Waals surface area contributed by atoms with Crippen LogP contribution < -0.4 is 10.5 Å². The van der Waals surface area contributed by atoms with Gasteiger partial charge >= 0.3 is 5.97 Å². The Morgan fingerprint density at radius 3 is 2.73 bits per heavy atom. The zero-order valence-electron chi connectivity index (χ0n) is 12.3. The summed E-state index contributed by atoms with van der Waals surface area (Å²) in [4.78, 5) is 12.0. The first kappa shape index (κ1) is 15.2. The summed E-state index contributed by atoms with van der Waals surface area (Å²) in [5.74, 6) is 0.0312. The molecule has 0 fully saturated rings. The van der Waals surface area contributed by atoms with E-state index in [0.717, 1.165) is 5.56 Å². The van der Waals surface area contributed by atoms with Crippen molar-refractivity contribution in [2.24, 2.45) is 0 Å². The van der Waals surface area contributed by atoms with Crippen LogP contribution in [0.3, 0.4) is 0 Å². The van der Waals surface area contributed by atoms with Crippen LogP contribution in [-0.2, 0) is 4.74 Å². The molecular formula is C16H15N3O3. The molecule has 6 nitrogen and oxygen atoms in total. The number of esters is 1. The number of nitriles is 1. The van der Waals surface area contributed by atoms with Crippen molar-refractivity contribution in [2.45, 2.75) is 0 Å². The van der Waals surface area contributed by atoms with E-state index >= 15 is 0 Å². The van der Waals surface area contributed by atoms with Crippen LogP contribution in [0.15, 0.2) is 31.0 Å². The summed E-state index contributed by atoms with van der Waals surface area (Å²) in [5, 5.41) is 9.13. The monoisotopic (exact) mass is 297 g/mol. The minimum Gasteiger partial charge on any atom is -0.497 e. The lowest BCUT2D eigenvalue weighted by Gasteiger charge is -2.12. The molecule has 2 N–H and O–H groups in total. The van der Waals surface area contributed by atoms with E-state index in [2.05, 4.69) is 6.58 Å². The molecule has 2 aromatic rings. The van der Waals surface area contributed by atoms with Gasteiger partial charge in [0.1, 0.15) is 11.8 Å². The zero-order valence-corrected chi connectivity index (χ0v) is 12.3. The van der Waals surface area contributed by atoms with Gasteiger partial charge in [0.25, 0.3) is 0 Å². The molecular weight excluding hydrogens is 282 g/mol. The summed E-state index contributed by atoms with van der Waals surface area (Å²) in [6, 6.07) is 7.22. The van der Waals surface area contributed by atoms with Gasteiger partial charge in [-0.3, -0.25) is 0 Å². The molecule has 1 heterocycles. The van der Waals surface area contributed by atoms with E-state index < -0.39 is 5.97 Å². The van der Waals surface area contributed by atoms with Gasteiger partial charge in [0.15, 0.2) is 5.69 Å². The van der Waals surface area contributed by atoms with Gasteiger partial charge in [0.2, 0.25) is 0 Å². The molecule has 0 amide bonds. The number of nitrogens with two attached hydrogens (primary N) is 1. The van der Waals surface area contributed by atoms with E-state index in [0.29, 0.717) is 11.4 Å². The van der Waals surface area contributed by atoms with Crippen molar-refractivity contribution < 1.29 is 14.3 Å². The molecule has 0 bridgehead atoms. The number of carbonyl (C=O) groups excluding carboxylic acids is 1. The largest absolute Gasteiger partial charge is 0.497 e. The number of nitrogens with zero attached hydrogens (tertiary/aromatic N) is 2. The summed E-state index contributed by atoms with van der Waals surface area (Å²) < 4.78 is 11.5. The molecule has 6 heteroatoms. The third kappa shape index (κ3) is 2.40. The third-order valence-corrected chi connectivity index (χ3v) is 3.26. The predicted molar refractivity (Wildman–Crippen MR) is 82.9 cm³/mol. The van der Waals surface area contributed by atoms with Gasteiger partial charge in [0.05, 0.1) is 31.2 Å². The smallest absolute Gasteiger partial charge is 0.357 e. The molecule has 112 valence electrons. The van der Waals surface area contributed by atoms with Crippen LogP contribution >= 0.6 is 0 Å². The molecule has 22 heavy (non-hydrogen) atoms. The lowest BCUT2D eigenvalue weighted by Crippen LogP contribution is -2.11. The quantitative estimate of drug-likeness (QED) is 0.875. The van der Waals surface area contributed by atoms with Crippen LogP contribution in [0.25, 0.3) is 11.8 Å². The van der Waals surface area contributed by atoms with Gasteiger partial charge in [0, 0.05) is 11.8 Å². The van der Waals surface area contributed by atoms with E-state index in [1.165, 1.54) is 17.9 Å². The van der Waals surface area contributed by atoms with Crippen molar-refractivity contribution >= 4 is 17.7 Å². The fourth-order valence-electron chi connectivity index (χ4n) is 2.15. The van der Waals surface area contributed by atoms with Crippen LogP contribution in [0, 0.1) is 11.3 Å². The number of carbonyl (C=O) groups is 1. The van der Waals surface area contributed by atoms with Crippen molar-refractivity contribution in [3.05, 3.63) is 47.8 Å². The van der Waals surface area contributed by atoms with Crippen LogP contribution in [0.2, 0.25) is 0 Å². The molecule has 0 spiro atoms. The lowest BCUT2D eigenvalue weighted by molar-refractivity contribution is 0.0593. The minimum atomic E-state index is -0.621. The van der Waals surface area contributed by atoms with Crippen LogP contribution in [0.4, 0.5) is 5.69 Å². The Morgan fingerprint density at radius 1 is 1.45 bits per heavy atom. The minimum absolute atomic E-state index is 0.0835. The maximum atomic E-state index is 12.0. The highest BCUT2D eigenvalue weighted by molar-refractivity contribution is 5.96. The molecule has 0 atom stereocenters. The highest BCUT2D eigenvalue weighted by Gasteiger charge is 2.22. The summed E-state index contributed by atoms with van der Waals surface area (Å²) in [5.41, 5.74) is 7.64. The molecule has 0 unspecified atom stereocenters. The van der Waals surface area contributed by atoms with E-state index in [1.807, 2.05) is 6.07 Å². The standard InChI is InChI=1S/C16H15N3O3/c1-4-10-7-12(21-2)5-6-13(10)19-9-11(8-17)14(18)15(19)16(20)22-3/h4-7,9H,1,18H2,2-3H3. The molecule has 0 aliphatic carbocycles. The average Bonchev–Trinajstić information content (AvgIpc) is 2.89. The third-order valence-electron chi connectivity index (χ3n) is 3.26. The molecule has 1 aromatic heterocycles. The highest BCUT2D eigenvalue weighted by Crippen LogP contribution is 2.29. The first-order valence-electron chi connectivity index (χ1n) is 6.37. The lowest BCUT2D eigenvalue weighted by atomic mass is 10.1. The molecule has 1 aromatic carbocycles. The van der Waals surface area contributed by atoms with E-state index in [4.69, 9.17) is 20.5 Å². The van der Waals surface area contributed by atoms with Crippen LogP contribution in [-0.4, -0.2) is 24.8 Å². The number of aromatic nitrogens is 1. The topological polar surface area (TPSA) is 90.3 Å². The molecule has 0 aliphatic heterocycles. The first-order valence-corrected chi connectivity index (χ1v) is 6.37. The normalized spacial score (nSPS) is 9.86. The molecule has 0 saturated heterocycles. The Labute approximate surface area is 128 Å². The molecule has 0 radical (unpaired) electrons. The number of ether oxygens (including phenoxy) is 2. The van der Waals surface area contributed by atoms with Gasteiger partial charge in [-0.1, -0.05) is 12.7 Å². The molecule has 0 aliphatic rings. The second kappa shape index (κ2) is 6.06. The van der Waals surface area contributed by atoms with Gasteiger partial charge in [-0.15, -0.1) is 0 Å². The van der Waals surface area contributed by atoms with E-state index in [9.17, 15) is 4.79 Å². The van der Waals surface area contributed by atoms with Crippen molar-refractivity contribution in [3.8, 4) is 17.5 Å². The number of rotatable bonds is 4. The van der Waals surface area contributed by atoms with Crippen molar-refractivity contribution in [1.29, 1.82) is 5.26 Å². The van der Waals surface area contributed by atoms with Gasteiger partial charge in [-0.2, -0.15) is 5.26 Å². The van der Waals surface area contributed by atoms with Gasteiger partial charge < -0.3 is 19.8 Å². The zero-order chi connectivity index (χ0) is 16.3. The Bertz CT molecular complexity index is 785. The van der Waals surface area contributed by atoms with Crippen molar-refractivity contribution in [3.63, 3.8) is 0 Å². The maximum absolute atomic E-state index is 12.0. The summed E-state index contributed by atoms with van der Waals surface area (Å²) in [6.07, 6.45) is 3.12. The highest BCUT2D eigenvalue weighted by atomic mass is 16.5. The summed E-state index contributed by atoms with van der Waals surface area (Å²) in [6.45, 7) is 3.76. The number of methoxy groups -OCH3 is 2. The van der Waals surface area contributed by atoms with Gasteiger partial charge in [-0.05, 0) is 18.2 Å². The van der Waals surface area contributed by atoms with Crippen molar-refractivity contribution in [2.75, 3.05) is 20.0 Å². The van der Waals surface area contributed by atoms with E-state index in [-0.39, 0.29) is 16.9 Å². The maximum Gasteiger partial charge on any atom is 0.357 e. The summed E-state index contributed by atoms with van der Waals surface area (Å²) >= 11 is 0. The Balaban J connectivity index is 2.75. The number of anilines is 1.